The van der Waals surface area contributed by atoms with Crippen molar-refractivity contribution >= 4 is 11.9 Å². The van der Waals surface area contributed by atoms with Gasteiger partial charge >= 0.3 is 11.9 Å². The molecule has 0 saturated carbocycles. The van der Waals surface area contributed by atoms with E-state index in [2.05, 4.69) is 16.1 Å². The van der Waals surface area contributed by atoms with Crippen LogP contribution in [-0.2, 0) is 19.1 Å². The van der Waals surface area contributed by atoms with Gasteiger partial charge in [0, 0.05) is 0 Å². The topological polar surface area (TPSA) is 52.6 Å². The van der Waals surface area contributed by atoms with Crippen molar-refractivity contribution in [3.05, 3.63) is 37.4 Å². The maximum Gasteiger partial charge on any atom is 0.323 e. The molecule has 0 rings (SSSR count). The summed E-state index contributed by atoms with van der Waals surface area (Å²) in [6.45, 7) is 2.98. The van der Waals surface area contributed by atoms with Crippen molar-refractivity contribution in [2.24, 2.45) is 5.41 Å². The Morgan fingerprint density at radius 2 is 1.89 bits per heavy atom. The highest BCUT2D eigenvalue weighted by molar-refractivity contribution is 6.00. The summed E-state index contributed by atoms with van der Waals surface area (Å²) in [6, 6.07) is 0.197. The molecule has 18 heavy (non-hydrogen) atoms. The van der Waals surface area contributed by atoms with Gasteiger partial charge in [0.25, 0.3) is 0 Å². The summed E-state index contributed by atoms with van der Waals surface area (Å²) < 4.78 is 31.2. The lowest BCUT2D eigenvalue weighted by molar-refractivity contribution is -0.168. The minimum Gasteiger partial charge on any atom is -0.468 e. The number of carbonyl (C=O) groups is 2. The molecule has 0 aromatic heterocycles. The largest absolute Gasteiger partial charge is 0.468 e. The van der Waals surface area contributed by atoms with Crippen LogP contribution in [0, 0.1) is 5.41 Å². The normalized spacial score (nSPS) is 13.7. The second-order valence-corrected chi connectivity index (χ2v) is 3.58. The van der Waals surface area contributed by atoms with Crippen LogP contribution >= 0.6 is 0 Å². The minimum absolute atomic E-state index is 0.108. The Labute approximate surface area is 112 Å². The molecular formula is C14H20O4. The van der Waals surface area contributed by atoms with E-state index in [1.807, 2.05) is 0 Å². The summed E-state index contributed by atoms with van der Waals surface area (Å²) in [6.07, 6.45) is 4.06. The van der Waals surface area contributed by atoms with Crippen molar-refractivity contribution in [1.29, 1.82) is 0 Å². The molecule has 0 aliphatic rings. The van der Waals surface area contributed by atoms with Gasteiger partial charge in [0.2, 0.25) is 0 Å². The zero-order chi connectivity index (χ0) is 16.5. The first-order valence-electron chi connectivity index (χ1n) is 6.90. The number of allylic oxidation sites excluding steroid dienone is 4. The summed E-state index contributed by atoms with van der Waals surface area (Å²) in [4.78, 5) is 24.1. The van der Waals surface area contributed by atoms with E-state index < -0.39 is 23.9 Å². The van der Waals surface area contributed by atoms with Gasteiger partial charge in [-0.3, -0.25) is 9.59 Å². The lowest BCUT2D eigenvalue weighted by Crippen LogP contribution is -2.40. The molecule has 0 fully saturated rings. The van der Waals surface area contributed by atoms with Gasteiger partial charge in [-0.1, -0.05) is 24.3 Å². The van der Waals surface area contributed by atoms with E-state index in [1.54, 1.807) is 0 Å². The van der Waals surface area contributed by atoms with Gasteiger partial charge in [-0.25, -0.2) is 0 Å². The molecule has 0 aliphatic carbocycles. The van der Waals surface area contributed by atoms with E-state index in [0.717, 1.165) is 20.3 Å². The molecule has 0 saturated heterocycles. The molecule has 0 heterocycles. The van der Waals surface area contributed by atoms with Gasteiger partial charge < -0.3 is 9.47 Å². The molecule has 0 atom stereocenters. The van der Waals surface area contributed by atoms with Crippen LogP contribution in [0.4, 0.5) is 0 Å². The highest BCUT2D eigenvalue weighted by Crippen LogP contribution is 2.31. The van der Waals surface area contributed by atoms with E-state index >= 15 is 0 Å². The Hall–Kier alpha value is -1.84. The summed E-state index contributed by atoms with van der Waals surface area (Å²) in [5.41, 5.74) is -1.69. The number of methoxy groups -OCH3 is 2. The van der Waals surface area contributed by atoms with Crippen molar-refractivity contribution < 1.29 is 23.2 Å². The molecule has 0 aromatic rings. The standard InChI is InChI=1S/C14H20O4/c1-5-7-8-9-11-14(10-6-2,12(15)17-3)13(16)18-4/h5-6,8-9H,1-2,7,10-11H2,3-4H3/b9-8+/i2D2,8D. The molecule has 0 spiro atoms. The zero-order valence-corrected chi connectivity index (χ0v) is 10.7. The number of hydrogen-bond donors (Lipinski definition) is 0. The monoisotopic (exact) mass is 255 g/mol. The molecule has 4 heteroatoms. The molecule has 0 radical (unpaired) electrons. The highest BCUT2D eigenvalue weighted by atomic mass is 16.5. The molecular weight excluding hydrogens is 232 g/mol. The highest BCUT2D eigenvalue weighted by Gasteiger charge is 2.46. The van der Waals surface area contributed by atoms with Crippen molar-refractivity contribution in [1.82, 2.24) is 0 Å². The van der Waals surface area contributed by atoms with Gasteiger partial charge in [-0.05, 0) is 19.3 Å². The van der Waals surface area contributed by atoms with Crippen LogP contribution in [-0.4, -0.2) is 26.2 Å². The molecule has 0 aromatic carbocycles. The molecule has 4 nitrogen and oxygen atoms in total. The Kier molecular flexibility index (Phi) is 5.18. The number of rotatable bonds is 8. The Balaban J connectivity index is 5.61. The fraction of sp³-hybridized carbons (Fsp3) is 0.429. The third-order valence-corrected chi connectivity index (χ3v) is 2.46. The third-order valence-electron chi connectivity index (χ3n) is 2.46. The van der Waals surface area contributed by atoms with Gasteiger partial charge in [-0.15, -0.1) is 13.1 Å². The molecule has 0 amide bonds. The lowest BCUT2D eigenvalue weighted by atomic mass is 9.81. The average molecular weight is 255 g/mol. The smallest absolute Gasteiger partial charge is 0.323 e. The minimum atomic E-state index is -1.69. The maximum absolute atomic E-state index is 12.0. The fourth-order valence-corrected chi connectivity index (χ4v) is 1.48. The number of carbonyl (C=O) groups excluding carboxylic acids is 2. The van der Waals surface area contributed by atoms with Crippen LogP contribution in [0.25, 0.3) is 0 Å². The predicted molar refractivity (Wildman–Crippen MR) is 69.9 cm³/mol. The van der Waals surface area contributed by atoms with E-state index in [0.29, 0.717) is 6.42 Å². The van der Waals surface area contributed by atoms with Gasteiger partial charge in [-0.2, -0.15) is 0 Å². The van der Waals surface area contributed by atoms with Gasteiger partial charge in [0.05, 0.1) is 18.3 Å². The summed E-state index contributed by atoms with van der Waals surface area (Å²) >= 11 is 0. The number of esters is 2. The fourth-order valence-electron chi connectivity index (χ4n) is 1.48. The van der Waals surface area contributed by atoms with Gasteiger partial charge in [0.1, 0.15) is 0 Å². The van der Waals surface area contributed by atoms with Crippen LogP contribution in [0.5, 0.6) is 0 Å². The molecule has 0 unspecified atom stereocenters. The Bertz CT molecular complexity index is 435. The maximum atomic E-state index is 12.0. The molecule has 0 aliphatic heterocycles. The van der Waals surface area contributed by atoms with E-state index in [9.17, 15) is 9.59 Å². The van der Waals surface area contributed by atoms with Gasteiger partial charge in [0.15, 0.2) is 5.41 Å². The van der Waals surface area contributed by atoms with Crippen LogP contribution < -0.4 is 0 Å². The summed E-state index contributed by atoms with van der Waals surface area (Å²) in [5.74, 6) is -1.65. The van der Waals surface area contributed by atoms with Crippen molar-refractivity contribution in [3.8, 4) is 0 Å². The lowest BCUT2D eigenvalue weighted by Gasteiger charge is -2.25. The Morgan fingerprint density at radius 3 is 2.33 bits per heavy atom. The first-order chi connectivity index (χ1) is 9.83. The number of ether oxygens (including phenoxy) is 2. The van der Waals surface area contributed by atoms with Crippen LogP contribution in [0.3, 0.4) is 0 Å². The summed E-state index contributed by atoms with van der Waals surface area (Å²) in [7, 11) is 2.28. The SMILES string of the molecule is [2H]C([2H])=CCC(C/C=C(\[2H])CC=C)(C(=O)OC)C(=O)OC. The summed E-state index contributed by atoms with van der Waals surface area (Å²) in [5, 5.41) is 0. The first-order valence-corrected chi connectivity index (χ1v) is 5.40. The van der Waals surface area contributed by atoms with Crippen molar-refractivity contribution in [3.63, 3.8) is 0 Å². The number of hydrogen-bond acceptors (Lipinski definition) is 4. The molecule has 0 bridgehead atoms. The van der Waals surface area contributed by atoms with Crippen molar-refractivity contribution in [2.75, 3.05) is 14.2 Å². The Morgan fingerprint density at radius 1 is 1.28 bits per heavy atom. The van der Waals surface area contributed by atoms with Crippen LogP contribution in [0.15, 0.2) is 37.4 Å². The van der Waals surface area contributed by atoms with E-state index in [-0.39, 0.29) is 18.9 Å². The molecule has 100 valence electrons. The van der Waals surface area contributed by atoms with E-state index in [4.69, 9.17) is 4.11 Å². The quantitative estimate of drug-likeness (QED) is 0.380. The molecule has 0 N–H and O–H groups in total. The average Bonchev–Trinajstić information content (AvgIpc) is 2.46. The first kappa shape index (κ1) is 11.3. The predicted octanol–water partition coefficient (Wildman–Crippen LogP) is 2.42. The van der Waals surface area contributed by atoms with Crippen molar-refractivity contribution in [2.45, 2.75) is 19.3 Å². The van der Waals surface area contributed by atoms with E-state index in [1.165, 1.54) is 12.2 Å². The zero-order valence-electron chi connectivity index (χ0n) is 13.7. The van der Waals surface area contributed by atoms with Crippen LogP contribution in [0.1, 0.15) is 23.4 Å². The second kappa shape index (κ2) is 8.28. The van der Waals surface area contributed by atoms with Crippen LogP contribution in [0.2, 0.25) is 0 Å². The third kappa shape index (κ3) is 3.87. The second-order valence-electron chi connectivity index (χ2n) is 3.58.